The highest BCUT2D eigenvalue weighted by Gasteiger charge is 2.36. The Balaban J connectivity index is 0.00000181. The van der Waals surface area contributed by atoms with Gasteiger partial charge in [0.25, 0.3) is 5.91 Å². The predicted octanol–water partition coefficient (Wildman–Crippen LogP) is 8.10. The van der Waals surface area contributed by atoms with Gasteiger partial charge in [-0.3, -0.25) is 9.36 Å². The van der Waals surface area contributed by atoms with Crippen LogP contribution in [-0.4, -0.2) is 53.2 Å². The van der Waals surface area contributed by atoms with Gasteiger partial charge in [0.2, 0.25) is 0 Å². The molecule has 1 aromatic heterocycles. The summed E-state index contributed by atoms with van der Waals surface area (Å²) in [7, 11) is -0.157. The van der Waals surface area contributed by atoms with Gasteiger partial charge in [-0.2, -0.15) is 8.78 Å². The number of alkyl halides is 2. The van der Waals surface area contributed by atoms with E-state index in [0.717, 1.165) is 22.4 Å². The summed E-state index contributed by atoms with van der Waals surface area (Å²) < 4.78 is 39.5. The molecule has 1 amide bonds. The Labute approximate surface area is 235 Å². The third kappa shape index (κ3) is 5.59. The largest absolute Gasteiger partial charge is 0.489 e. The van der Waals surface area contributed by atoms with E-state index in [1.165, 1.54) is 6.07 Å². The maximum atomic E-state index is 13.6. The Kier molecular flexibility index (Phi) is 9.21. The molecule has 2 heterocycles. The van der Waals surface area contributed by atoms with Gasteiger partial charge in [-0.25, -0.2) is 4.98 Å². The van der Waals surface area contributed by atoms with Crippen LogP contribution in [-0.2, 0) is 0 Å². The number of imidazole rings is 1. The lowest BCUT2D eigenvalue weighted by atomic mass is 10.0. The van der Waals surface area contributed by atoms with Crippen LogP contribution in [0.4, 0.5) is 8.78 Å². The zero-order valence-corrected chi connectivity index (χ0v) is 24.1. The van der Waals surface area contributed by atoms with Crippen molar-refractivity contribution >= 4 is 24.9 Å². The molecule has 3 aromatic carbocycles. The number of carbonyl (C=O) groups is 1. The third-order valence-electron chi connectivity index (χ3n) is 6.69. The number of hydrogen-bond acceptors (Lipinski definition) is 4. The molecule has 1 aliphatic heterocycles. The molecule has 210 valence electrons. The second-order valence-corrected chi connectivity index (χ2v) is 11.8. The molecule has 0 N–H and O–H groups in total. The lowest BCUT2D eigenvalue weighted by Gasteiger charge is -2.27. The van der Waals surface area contributed by atoms with Crippen LogP contribution in [0.3, 0.4) is 0 Å². The molecule has 0 spiro atoms. The molecule has 1 atom stereocenters. The molecule has 9 heteroatoms. The van der Waals surface area contributed by atoms with Gasteiger partial charge in [0.05, 0.1) is 22.6 Å². The van der Waals surface area contributed by atoms with Crippen molar-refractivity contribution in [2.24, 2.45) is 0 Å². The van der Waals surface area contributed by atoms with Crippen LogP contribution in [0, 0.1) is 0 Å². The Morgan fingerprint density at radius 1 is 1.02 bits per heavy atom. The fourth-order valence-electron chi connectivity index (χ4n) is 5.00. The average Bonchev–Trinajstić information content (AvgIpc) is 3.28. The first-order valence-electron chi connectivity index (χ1n) is 13.1. The monoisotopic (exact) mass is 565 g/mol. The average molecular weight is 566 g/mol. The lowest BCUT2D eigenvalue weighted by molar-refractivity contribution is -0.0498. The van der Waals surface area contributed by atoms with E-state index in [9.17, 15) is 13.6 Å². The van der Waals surface area contributed by atoms with Crippen molar-refractivity contribution in [1.29, 1.82) is 0 Å². The van der Waals surface area contributed by atoms with E-state index in [2.05, 4.69) is 26.5 Å². The van der Waals surface area contributed by atoms with Crippen LogP contribution < -0.4 is 9.47 Å². The van der Waals surface area contributed by atoms with E-state index in [1.807, 2.05) is 60.9 Å². The molecule has 4 aromatic rings. The molecule has 0 aliphatic carbocycles. The Morgan fingerprint density at radius 2 is 1.73 bits per heavy atom. The normalized spacial score (nSPS) is 14.4. The fourth-order valence-corrected chi connectivity index (χ4v) is 5.41. The third-order valence-corrected chi connectivity index (χ3v) is 7.33. The van der Waals surface area contributed by atoms with Crippen LogP contribution in [0.1, 0.15) is 42.5 Å². The van der Waals surface area contributed by atoms with Crippen molar-refractivity contribution in [3.8, 4) is 28.3 Å². The summed E-state index contributed by atoms with van der Waals surface area (Å²) in [5.41, 5.74) is 3.95. The molecule has 0 saturated carbocycles. The van der Waals surface area contributed by atoms with Gasteiger partial charge in [0.15, 0.2) is 5.75 Å². The van der Waals surface area contributed by atoms with Crippen molar-refractivity contribution in [3.05, 3.63) is 85.2 Å². The lowest BCUT2D eigenvalue weighted by Crippen LogP contribution is -2.34. The first kappa shape index (κ1) is 29.2. The first-order chi connectivity index (χ1) is 19.3. The minimum absolute atomic E-state index is 0.0575. The summed E-state index contributed by atoms with van der Waals surface area (Å²) >= 11 is 0. The number of benzene rings is 3. The number of aromatic nitrogens is 2. The number of hydrogen-bond donors (Lipinski definition) is 0. The molecule has 5 rings (SSSR count). The number of amides is 1. The standard InChI is InChI=1S/C29H30F2N3O3P.C2H4/c1-5-23-27-32-22-15-12-19(18-10-13-20(14-11-18)36-17-38(3)4)16-24(22)34(27)26-21(28(35)33(23)6-2)8-7-9-25(26)37-29(30)31;1-2/h7-16,23,29H,5-6,17H2,1-4H3;1-2H2. The topological polar surface area (TPSA) is 56.6 Å². The molecular formula is C31H34F2N3O3P. The van der Waals surface area contributed by atoms with Crippen molar-refractivity contribution < 1.29 is 23.0 Å². The zero-order chi connectivity index (χ0) is 29.0. The van der Waals surface area contributed by atoms with Crippen molar-refractivity contribution in [1.82, 2.24) is 14.5 Å². The van der Waals surface area contributed by atoms with Gasteiger partial charge in [0, 0.05) is 6.54 Å². The summed E-state index contributed by atoms with van der Waals surface area (Å²) in [6.45, 7) is 11.7. The van der Waals surface area contributed by atoms with Gasteiger partial charge in [-0.1, -0.05) is 39.1 Å². The summed E-state index contributed by atoms with van der Waals surface area (Å²) in [4.78, 5) is 20.3. The van der Waals surface area contributed by atoms with Crippen molar-refractivity contribution in [2.75, 3.05) is 26.2 Å². The fraction of sp³-hybridized carbons (Fsp3) is 0.290. The molecular weight excluding hydrogens is 531 g/mol. The molecule has 1 aliphatic rings. The molecule has 0 fully saturated rings. The molecule has 0 radical (unpaired) electrons. The molecule has 0 bridgehead atoms. The molecule has 0 saturated heterocycles. The molecule has 1 unspecified atom stereocenters. The van der Waals surface area contributed by atoms with Crippen molar-refractivity contribution in [2.45, 2.75) is 32.9 Å². The van der Waals surface area contributed by atoms with Gasteiger partial charge >= 0.3 is 6.61 Å². The number of rotatable bonds is 8. The second-order valence-electron chi connectivity index (χ2n) is 9.43. The smallest absolute Gasteiger partial charge is 0.387 e. The van der Waals surface area contributed by atoms with Crippen LogP contribution in [0.2, 0.25) is 0 Å². The predicted molar refractivity (Wildman–Crippen MR) is 158 cm³/mol. The van der Waals surface area contributed by atoms with Crippen molar-refractivity contribution in [3.63, 3.8) is 0 Å². The highest BCUT2D eigenvalue weighted by atomic mass is 31.1. The quantitative estimate of drug-likeness (QED) is 0.160. The van der Waals surface area contributed by atoms with Crippen LogP contribution in [0.25, 0.3) is 27.8 Å². The summed E-state index contributed by atoms with van der Waals surface area (Å²) in [6, 6.07) is 18.2. The number of carbonyl (C=O) groups excluding carboxylic acids is 1. The van der Waals surface area contributed by atoms with E-state index in [4.69, 9.17) is 14.5 Å². The Bertz CT molecular complexity index is 1490. The summed E-state index contributed by atoms with van der Waals surface area (Å²) in [5.74, 6) is 1.15. The molecule has 40 heavy (non-hydrogen) atoms. The zero-order valence-electron chi connectivity index (χ0n) is 23.2. The van der Waals surface area contributed by atoms with Crippen LogP contribution in [0.5, 0.6) is 11.5 Å². The highest BCUT2D eigenvalue weighted by Crippen LogP contribution is 2.41. The Hall–Kier alpha value is -3.77. The summed E-state index contributed by atoms with van der Waals surface area (Å²) in [5, 5.41) is 0. The number of ether oxygens (including phenoxy) is 2. The SMILES string of the molecule is C=C.CCC1c2nc3ccc(-c4ccc(OCP(C)C)cc4)cc3n2-c2c(OC(F)F)cccc2C(=O)N1CC. The van der Waals surface area contributed by atoms with Gasteiger partial charge in [0.1, 0.15) is 23.6 Å². The van der Waals surface area contributed by atoms with E-state index in [1.54, 1.807) is 17.0 Å². The van der Waals surface area contributed by atoms with Gasteiger partial charge in [-0.15, -0.1) is 13.2 Å². The maximum Gasteiger partial charge on any atom is 0.387 e. The second kappa shape index (κ2) is 12.6. The number of para-hydroxylation sites is 1. The van der Waals surface area contributed by atoms with Gasteiger partial charge < -0.3 is 14.4 Å². The minimum Gasteiger partial charge on any atom is -0.489 e. The first-order valence-corrected chi connectivity index (χ1v) is 15.5. The van der Waals surface area contributed by atoms with E-state index in [-0.39, 0.29) is 25.6 Å². The number of nitrogens with zero attached hydrogens (tertiary/aromatic N) is 3. The maximum absolute atomic E-state index is 13.6. The van der Waals surface area contributed by atoms with E-state index < -0.39 is 6.61 Å². The Morgan fingerprint density at radius 3 is 2.35 bits per heavy atom. The summed E-state index contributed by atoms with van der Waals surface area (Å²) in [6.07, 6.45) is 1.32. The number of fused-ring (bicyclic) bond motifs is 5. The van der Waals surface area contributed by atoms with Crippen LogP contribution >= 0.6 is 7.92 Å². The van der Waals surface area contributed by atoms with E-state index >= 15 is 0 Å². The number of halogens is 2. The molecule has 6 nitrogen and oxygen atoms in total. The van der Waals surface area contributed by atoms with E-state index in [0.29, 0.717) is 41.9 Å². The minimum atomic E-state index is -3.03. The van der Waals surface area contributed by atoms with Gasteiger partial charge in [-0.05, 0) is 74.2 Å². The highest BCUT2D eigenvalue weighted by molar-refractivity contribution is 7.55. The van der Waals surface area contributed by atoms with Crippen LogP contribution in [0.15, 0.2) is 73.8 Å².